The lowest BCUT2D eigenvalue weighted by molar-refractivity contribution is 0.198. The predicted molar refractivity (Wildman–Crippen MR) is 72.8 cm³/mol. The van der Waals surface area contributed by atoms with Crippen LogP contribution in [0.4, 0.5) is 8.78 Å². The molecule has 2 aromatic carbocycles. The van der Waals surface area contributed by atoms with Crippen molar-refractivity contribution in [3.63, 3.8) is 0 Å². The Morgan fingerprint density at radius 3 is 2.55 bits per heavy atom. The lowest BCUT2D eigenvalue weighted by Gasteiger charge is -2.11. The summed E-state index contributed by atoms with van der Waals surface area (Å²) in [5.41, 5.74) is 0.618. The van der Waals surface area contributed by atoms with Crippen molar-refractivity contribution in [2.75, 3.05) is 0 Å². The highest BCUT2D eigenvalue weighted by atomic mass is 35.5. The second kappa shape index (κ2) is 6.20. The molecule has 0 aliphatic rings. The van der Waals surface area contributed by atoms with Gasteiger partial charge in [0.15, 0.2) is 11.6 Å². The normalized spacial score (nSPS) is 12.2. The molecule has 2 nitrogen and oxygen atoms in total. The molecule has 0 heterocycles. The first kappa shape index (κ1) is 14.8. The zero-order valence-corrected chi connectivity index (χ0v) is 11.5. The van der Waals surface area contributed by atoms with Gasteiger partial charge in [-0.3, -0.25) is 0 Å². The Hall–Kier alpha value is -1.65. The Labute approximate surface area is 120 Å². The molecule has 0 aliphatic heterocycles. The molecule has 20 heavy (non-hydrogen) atoms. The molecule has 0 aromatic heterocycles. The number of hydrogen-bond acceptors (Lipinski definition) is 2. The number of rotatable bonds is 4. The quantitative estimate of drug-likeness (QED) is 0.914. The van der Waals surface area contributed by atoms with Gasteiger partial charge in [-0.05, 0) is 36.8 Å². The topological polar surface area (TPSA) is 29.5 Å². The van der Waals surface area contributed by atoms with Gasteiger partial charge in [0.1, 0.15) is 12.4 Å². The molecule has 0 aliphatic carbocycles. The van der Waals surface area contributed by atoms with Gasteiger partial charge >= 0.3 is 0 Å². The number of hydrogen-bond donors (Lipinski definition) is 1. The average Bonchev–Trinajstić information content (AvgIpc) is 2.39. The van der Waals surface area contributed by atoms with Gasteiger partial charge in [-0.15, -0.1) is 0 Å². The van der Waals surface area contributed by atoms with E-state index in [4.69, 9.17) is 16.3 Å². The summed E-state index contributed by atoms with van der Waals surface area (Å²) in [5.74, 6) is -1.14. The van der Waals surface area contributed by atoms with Crippen LogP contribution in [0.25, 0.3) is 0 Å². The molecule has 0 bridgehead atoms. The van der Waals surface area contributed by atoms with E-state index in [-0.39, 0.29) is 22.9 Å². The van der Waals surface area contributed by atoms with Crippen LogP contribution in [-0.2, 0) is 6.61 Å². The van der Waals surface area contributed by atoms with Gasteiger partial charge in [0, 0.05) is 5.56 Å². The summed E-state index contributed by atoms with van der Waals surface area (Å²) in [6.45, 7) is 1.37. The van der Waals surface area contributed by atoms with Crippen molar-refractivity contribution in [3.05, 3.63) is 64.2 Å². The summed E-state index contributed by atoms with van der Waals surface area (Å²) in [4.78, 5) is 0. The van der Waals surface area contributed by atoms with Crippen molar-refractivity contribution in [1.82, 2.24) is 0 Å². The lowest BCUT2D eigenvalue weighted by Crippen LogP contribution is -2.02. The first-order valence-electron chi connectivity index (χ1n) is 6.02. The smallest absolute Gasteiger partial charge is 0.165 e. The molecule has 1 atom stereocenters. The zero-order chi connectivity index (χ0) is 14.7. The van der Waals surface area contributed by atoms with Crippen molar-refractivity contribution in [3.8, 4) is 5.75 Å². The number of benzene rings is 2. The standard InChI is InChI=1S/C15H13ClF2O2/c1-9(19)10-5-6-15(14(18)7-10)20-8-11-12(16)3-2-4-13(11)17/h2-7,9,19H,8H2,1H3. The Kier molecular flexibility index (Phi) is 4.57. The third-order valence-electron chi connectivity index (χ3n) is 2.87. The highest BCUT2D eigenvalue weighted by molar-refractivity contribution is 6.31. The third-order valence-corrected chi connectivity index (χ3v) is 3.23. The first-order chi connectivity index (χ1) is 9.49. The van der Waals surface area contributed by atoms with E-state index >= 15 is 0 Å². The maximum absolute atomic E-state index is 13.8. The number of halogens is 3. The highest BCUT2D eigenvalue weighted by Gasteiger charge is 2.11. The average molecular weight is 299 g/mol. The van der Waals surface area contributed by atoms with E-state index in [0.717, 1.165) is 0 Å². The number of aliphatic hydroxyl groups excluding tert-OH is 1. The SMILES string of the molecule is CC(O)c1ccc(OCc2c(F)cccc2Cl)c(F)c1. The molecule has 2 rings (SSSR count). The van der Waals surface area contributed by atoms with E-state index in [2.05, 4.69) is 0 Å². The third kappa shape index (κ3) is 3.26. The van der Waals surface area contributed by atoms with Crippen LogP contribution in [-0.4, -0.2) is 5.11 Å². The van der Waals surface area contributed by atoms with E-state index < -0.39 is 17.7 Å². The minimum Gasteiger partial charge on any atom is -0.486 e. The van der Waals surface area contributed by atoms with Gasteiger partial charge in [0.25, 0.3) is 0 Å². The fraction of sp³-hybridized carbons (Fsp3) is 0.200. The van der Waals surface area contributed by atoms with E-state index in [1.807, 2.05) is 0 Å². The highest BCUT2D eigenvalue weighted by Crippen LogP contribution is 2.25. The Balaban J connectivity index is 2.15. The molecule has 106 valence electrons. The number of aliphatic hydroxyl groups is 1. The van der Waals surface area contributed by atoms with E-state index in [0.29, 0.717) is 5.56 Å². The van der Waals surface area contributed by atoms with Crippen molar-refractivity contribution < 1.29 is 18.6 Å². The molecule has 0 spiro atoms. The fourth-order valence-electron chi connectivity index (χ4n) is 1.71. The van der Waals surface area contributed by atoms with Crippen molar-refractivity contribution in [1.29, 1.82) is 0 Å². The minimum absolute atomic E-state index is 0.0197. The van der Waals surface area contributed by atoms with E-state index in [1.54, 1.807) is 6.07 Å². The maximum Gasteiger partial charge on any atom is 0.165 e. The monoisotopic (exact) mass is 298 g/mol. The molecular weight excluding hydrogens is 286 g/mol. The van der Waals surface area contributed by atoms with Crippen LogP contribution in [0.15, 0.2) is 36.4 Å². The second-order valence-corrected chi connectivity index (χ2v) is 4.76. The molecule has 5 heteroatoms. The van der Waals surface area contributed by atoms with Gasteiger partial charge in [-0.25, -0.2) is 8.78 Å². The summed E-state index contributed by atoms with van der Waals surface area (Å²) in [6, 6.07) is 8.41. The molecule has 1 unspecified atom stereocenters. The molecule has 0 fully saturated rings. The lowest BCUT2D eigenvalue weighted by atomic mass is 10.1. The Morgan fingerprint density at radius 1 is 1.20 bits per heavy atom. The summed E-state index contributed by atoms with van der Waals surface area (Å²) >= 11 is 5.86. The van der Waals surface area contributed by atoms with Crippen LogP contribution in [0, 0.1) is 11.6 Å². The van der Waals surface area contributed by atoms with Crippen molar-refractivity contribution in [2.24, 2.45) is 0 Å². The fourth-order valence-corrected chi connectivity index (χ4v) is 1.93. The zero-order valence-electron chi connectivity index (χ0n) is 10.7. The van der Waals surface area contributed by atoms with Crippen LogP contribution in [0.2, 0.25) is 5.02 Å². The predicted octanol–water partition coefficient (Wildman–Crippen LogP) is 4.25. The molecule has 2 aromatic rings. The van der Waals surface area contributed by atoms with Crippen molar-refractivity contribution >= 4 is 11.6 Å². The van der Waals surface area contributed by atoms with Gasteiger partial charge in [-0.2, -0.15) is 0 Å². The minimum atomic E-state index is -0.764. The summed E-state index contributed by atoms with van der Waals surface area (Å²) in [7, 11) is 0. The van der Waals surface area contributed by atoms with Crippen LogP contribution in [0.5, 0.6) is 5.75 Å². The van der Waals surface area contributed by atoms with Gasteiger partial charge < -0.3 is 9.84 Å². The van der Waals surface area contributed by atoms with E-state index in [1.165, 1.54) is 37.3 Å². The van der Waals surface area contributed by atoms with Crippen molar-refractivity contribution in [2.45, 2.75) is 19.6 Å². The van der Waals surface area contributed by atoms with Gasteiger partial charge in [0.2, 0.25) is 0 Å². The summed E-state index contributed by atoms with van der Waals surface area (Å²) in [6.07, 6.45) is -0.764. The van der Waals surface area contributed by atoms with Crippen LogP contribution >= 0.6 is 11.6 Å². The largest absolute Gasteiger partial charge is 0.486 e. The van der Waals surface area contributed by atoms with Crippen LogP contribution < -0.4 is 4.74 Å². The molecule has 0 saturated carbocycles. The molecular formula is C15H13ClF2O2. The maximum atomic E-state index is 13.8. The first-order valence-corrected chi connectivity index (χ1v) is 6.40. The van der Waals surface area contributed by atoms with Gasteiger partial charge in [0.05, 0.1) is 11.1 Å². The molecule has 0 saturated heterocycles. The van der Waals surface area contributed by atoms with E-state index in [9.17, 15) is 13.9 Å². The second-order valence-electron chi connectivity index (χ2n) is 4.35. The Bertz CT molecular complexity index is 595. The molecule has 0 radical (unpaired) electrons. The number of ether oxygens (including phenoxy) is 1. The molecule has 0 amide bonds. The van der Waals surface area contributed by atoms with Crippen LogP contribution in [0.1, 0.15) is 24.2 Å². The Morgan fingerprint density at radius 2 is 1.95 bits per heavy atom. The van der Waals surface area contributed by atoms with Crippen LogP contribution in [0.3, 0.4) is 0 Å². The summed E-state index contributed by atoms with van der Waals surface area (Å²) in [5, 5.41) is 9.57. The summed E-state index contributed by atoms with van der Waals surface area (Å²) < 4.78 is 32.5. The van der Waals surface area contributed by atoms with Gasteiger partial charge in [-0.1, -0.05) is 23.7 Å². The molecule has 1 N–H and O–H groups in total.